The van der Waals surface area contributed by atoms with Crippen LogP contribution in [0.25, 0.3) is 0 Å². The number of carboxylic acid groups (broad SMARTS) is 1. The minimum atomic E-state index is -0.925. The molecule has 2 unspecified atom stereocenters. The number of carboxylic acids is 1. The molecule has 0 aromatic heterocycles. The number of rotatable bonds is 4. The highest BCUT2D eigenvalue weighted by Gasteiger charge is 2.40. The summed E-state index contributed by atoms with van der Waals surface area (Å²) < 4.78 is 0. The van der Waals surface area contributed by atoms with E-state index in [1.165, 1.54) is 4.90 Å². The van der Waals surface area contributed by atoms with E-state index >= 15 is 0 Å². The first-order chi connectivity index (χ1) is 10.1. The Labute approximate surface area is 125 Å². The number of aliphatic hydroxyl groups is 1. The fourth-order valence-corrected chi connectivity index (χ4v) is 3.70. The lowest BCUT2D eigenvalue weighted by molar-refractivity contribution is -0.145. The molecule has 0 aromatic rings. The molecule has 2 rings (SSSR count). The van der Waals surface area contributed by atoms with Gasteiger partial charge in [0.05, 0.1) is 6.61 Å². The first kappa shape index (κ1) is 16.1. The van der Waals surface area contributed by atoms with Gasteiger partial charge in [0.1, 0.15) is 6.04 Å². The highest BCUT2D eigenvalue weighted by atomic mass is 16.4. The molecule has 1 saturated carbocycles. The topological polar surface area (TPSA) is 81.1 Å². The van der Waals surface area contributed by atoms with Crippen molar-refractivity contribution in [2.75, 3.05) is 19.7 Å². The summed E-state index contributed by atoms with van der Waals surface area (Å²) >= 11 is 0. The molecule has 0 aromatic carbocycles. The third-order valence-electron chi connectivity index (χ3n) is 4.78. The Morgan fingerprint density at radius 1 is 1.19 bits per heavy atom. The molecule has 1 aliphatic carbocycles. The molecule has 0 bridgehead atoms. The molecule has 0 spiro atoms. The zero-order valence-electron chi connectivity index (χ0n) is 12.7. The molecule has 1 heterocycles. The Balaban J connectivity index is 2.15. The van der Waals surface area contributed by atoms with Crippen molar-refractivity contribution in [3.05, 3.63) is 0 Å². The van der Waals surface area contributed by atoms with Crippen molar-refractivity contribution in [1.29, 1.82) is 0 Å². The summed E-state index contributed by atoms with van der Waals surface area (Å²) in [7, 11) is 0. The summed E-state index contributed by atoms with van der Waals surface area (Å²) in [6, 6.07) is -0.805. The molecular formula is C15H26N2O4. The maximum absolute atomic E-state index is 12.8. The quantitative estimate of drug-likeness (QED) is 0.824. The van der Waals surface area contributed by atoms with Crippen LogP contribution >= 0.6 is 0 Å². The van der Waals surface area contributed by atoms with Gasteiger partial charge in [-0.2, -0.15) is 0 Å². The van der Waals surface area contributed by atoms with Crippen molar-refractivity contribution >= 4 is 12.0 Å². The number of urea groups is 1. The van der Waals surface area contributed by atoms with Crippen LogP contribution in [0.2, 0.25) is 0 Å². The van der Waals surface area contributed by atoms with Gasteiger partial charge in [-0.05, 0) is 31.6 Å². The second-order valence-corrected chi connectivity index (χ2v) is 6.23. The van der Waals surface area contributed by atoms with E-state index in [9.17, 15) is 19.8 Å². The summed E-state index contributed by atoms with van der Waals surface area (Å²) in [6.45, 7) is 2.60. The average Bonchev–Trinajstić information content (AvgIpc) is 2.97. The van der Waals surface area contributed by atoms with Gasteiger partial charge in [-0.3, -0.25) is 0 Å². The fraction of sp³-hybridized carbons (Fsp3) is 0.867. The van der Waals surface area contributed by atoms with Crippen molar-refractivity contribution in [3.63, 3.8) is 0 Å². The number of aliphatic carboxylic acids is 1. The van der Waals surface area contributed by atoms with E-state index in [4.69, 9.17) is 0 Å². The lowest BCUT2D eigenvalue weighted by atomic mass is 9.91. The van der Waals surface area contributed by atoms with Crippen LogP contribution in [0.1, 0.15) is 45.4 Å². The highest BCUT2D eigenvalue weighted by Crippen LogP contribution is 2.28. The summed E-state index contributed by atoms with van der Waals surface area (Å²) in [5.74, 6) is -0.953. The van der Waals surface area contributed by atoms with Crippen LogP contribution in [0.3, 0.4) is 0 Å². The van der Waals surface area contributed by atoms with Gasteiger partial charge in [0, 0.05) is 19.1 Å². The number of nitrogens with zero attached hydrogens (tertiary/aromatic N) is 2. The summed E-state index contributed by atoms with van der Waals surface area (Å²) in [6.07, 6.45) is 5.77. The van der Waals surface area contributed by atoms with Crippen molar-refractivity contribution in [2.45, 2.75) is 57.5 Å². The smallest absolute Gasteiger partial charge is 0.326 e. The molecule has 6 nitrogen and oxygen atoms in total. The Morgan fingerprint density at radius 2 is 1.86 bits per heavy atom. The van der Waals surface area contributed by atoms with Gasteiger partial charge < -0.3 is 20.0 Å². The number of aliphatic hydroxyl groups excluding tert-OH is 1. The average molecular weight is 298 g/mol. The Morgan fingerprint density at radius 3 is 2.43 bits per heavy atom. The first-order valence-corrected chi connectivity index (χ1v) is 7.97. The van der Waals surface area contributed by atoms with Gasteiger partial charge in [0.15, 0.2) is 0 Å². The van der Waals surface area contributed by atoms with E-state index in [1.807, 2.05) is 6.92 Å². The number of amides is 2. The minimum absolute atomic E-state index is 0.0280. The molecule has 2 aliphatic rings. The minimum Gasteiger partial charge on any atom is -0.480 e. The van der Waals surface area contributed by atoms with Crippen LogP contribution in [0.5, 0.6) is 0 Å². The van der Waals surface area contributed by atoms with E-state index < -0.39 is 12.0 Å². The molecular weight excluding hydrogens is 272 g/mol. The summed E-state index contributed by atoms with van der Waals surface area (Å²) in [4.78, 5) is 27.5. The third-order valence-corrected chi connectivity index (χ3v) is 4.78. The van der Waals surface area contributed by atoms with E-state index in [1.54, 1.807) is 4.90 Å². The van der Waals surface area contributed by atoms with Crippen molar-refractivity contribution in [2.24, 2.45) is 5.92 Å². The second-order valence-electron chi connectivity index (χ2n) is 6.23. The predicted molar refractivity (Wildman–Crippen MR) is 78.0 cm³/mol. The maximum atomic E-state index is 12.8. The molecule has 2 N–H and O–H groups in total. The van der Waals surface area contributed by atoms with Gasteiger partial charge in [-0.1, -0.05) is 19.8 Å². The number of carbonyl (C=O) groups is 2. The molecule has 1 aliphatic heterocycles. The first-order valence-electron chi connectivity index (χ1n) is 7.97. The Hall–Kier alpha value is -1.30. The molecule has 6 heteroatoms. The lowest BCUT2D eigenvalue weighted by Gasteiger charge is -2.41. The zero-order valence-corrected chi connectivity index (χ0v) is 12.7. The standard InChI is InChI=1S/C15H26N2O4/c1-11-5-4-8-17(13(11)14(19)20)15(21)16(9-10-18)12-6-2-3-7-12/h11-13,18H,2-10H2,1H3,(H,19,20). The number of piperidine rings is 1. The monoisotopic (exact) mass is 298 g/mol. The van der Waals surface area contributed by atoms with Crippen LogP contribution in [-0.4, -0.2) is 63.8 Å². The largest absolute Gasteiger partial charge is 0.480 e. The molecule has 1 saturated heterocycles. The molecule has 21 heavy (non-hydrogen) atoms. The zero-order chi connectivity index (χ0) is 15.4. The third kappa shape index (κ3) is 3.48. The van der Waals surface area contributed by atoms with E-state index in [0.717, 1.165) is 38.5 Å². The molecule has 2 atom stereocenters. The summed E-state index contributed by atoms with van der Waals surface area (Å²) in [5, 5.41) is 18.7. The maximum Gasteiger partial charge on any atom is 0.326 e. The molecule has 2 fully saturated rings. The van der Waals surface area contributed by atoms with E-state index in [2.05, 4.69) is 0 Å². The number of carbonyl (C=O) groups excluding carboxylic acids is 1. The normalized spacial score (nSPS) is 26.9. The van der Waals surface area contributed by atoms with Gasteiger partial charge in [-0.15, -0.1) is 0 Å². The number of hydrogen-bond acceptors (Lipinski definition) is 3. The number of hydrogen-bond donors (Lipinski definition) is 2. The van der Waals surface area contributed by atoms with Crippen molar-refractivity contribution in [1.82, 2.24) is 9.80 Å². The van der Waals surface area contributed by atoms with Crippen LogP contribution in [0, 0.1) is 5.92 Å². The Bertz CT molecular complexity index is 382. The molecule has 120 valence electrons. The van der Waals surface area contributed by atoms with Gasteiger partial charge in [-0.25, -0.2) is 9.59 Å². The van der Waals surface area contributed by atoms with Crippen molar-refractivity contribution in [3.8, 4) is 0 Å². The van der Waals surface area contributed by atoms with Crippen LogP contribution < -0.4 is 0 Å². The molecule has 2 amide bonds. The van der Waals surface area contributed by atoms with Crippen LogP contribution in [-0.2, 0) is 4.79 Å². The summed E-state index contributed by atoms with van der Waals surface area (Å²) in [5.41, 5.74) is 0. The lowest BCUT2D eigenvalue weighted by Crippen LogP contribution is -2.57. The van der Waals surface area contributed by atoms with Gasteiger partial charge in [0.25, 0.3) is 0 Å². The van der Waals surface area contributed by atoms with Gasteiger partial charge in [0.2, 0.25) is 0 Å². The fourth-order valence-electron chi connectivity index (χ4n) is 3.70. The predicted octanol–water partition coefficient (Wildman–Crippen LogP) is 1.53. The van der Waals surface area contributed by atoms with Crippen molar-refractivity contribution < 1.29 is 19.8 Å². The Kier molecular flexibility index (Phi) is 5.45. The molecule has 0 radical (unpaired) electrons. The van der Waals surface area contributed by atoms with Crippen LogP contribution in [0.4, 0.5) is 4.79 Å². The van der Waals surface area contributed by atoms with E-state index in [-0.39, 0.29) is 24.6 Å². The highest BCUT2D eigenvalue weighted by molar-refractivity contribution is 5.83. The second kappa shape index (κ2) is 7.11. The van der Waals surface area contributed by atoms with Crippen LogP contribution in [0.15, 0.2) is 0 Å². The van der Waals surface area contributed by atoms with Gasteiger partial charge >= 0.3 is 12.0 Å². The number of likely N-dealkylation sites (tertiary alicyclic amines) is 1. The SMILES string of the molecule is CC1CCCN(C(=O)N(CCO)C2CCCC2)C1C(=O)O. The van der Waals surface area contributed by atoms with E-state index in [0.29, 0.717) is 13.1 Å².